The summed E-state index contributed by atoms with van der Waals surface area (Å²) in [4.78, 5) is 33.8. The second-order valence-electron chi connectivity index (χ2n) is 4.91. The molecule has 0 saturated carbocycles. The van der Waals surface area contributed by atoms with E-state index in [-0.39, 0.29) is 31.1 Å². The molecule has 21 heavy (non-hydrogen) atoms. The van der Waals surface area contributed by atoms with Crippen LogP contribution in [0.15, 0.2) is 18.2 Å². The zero-order chi connectivity index (χ0) is 15.4. The molecule has 0 spiro atoms. The number of urea groups is 1. The first-order chi connectivity index (χ1) is 9.95. The van der Waals surface area contributed by atoms with Gasteiger partial charge in [0.1, 0.15) is 11.9 Å². The Labute approximate surface area is 121 Å². The molecule has 3 N–H and O–H groups in total. The van der Waals surface area contributed by atoms with Gasteiger partial charge in [-0.1, -0.05) is 12.1 Å². The number of nitrogens with one attached hydrogen (secondary N) is 3. The molecule has 1 saturated heterocycles. The normalized spacial score (nSPS) is 17.3. The molecule has 0 radical (unpaired) electrons. The second-order valence-corrected chi connectivity index (χ2v) is 4.91. The van der Waals surface area contributed by atoms with Crippen LogP contribution in [0.25, 0.3) is 0 Å². The molecule has 1 heterocycles. The minimum Gasteiger partial charge on any atom is -0.352 e. The van der Waals surface area contributed by atoms with Crippen LogP contribution < -0.4 is 16.0 Å². The molecule has 7 heteroatoms. The molecule has 1 aliphatic heterocycles. The lowest BCUT2D eigenvalue weighted by molar-refractivity contribution is -0.122. The minimum absolute atomic E-state index is 0.104. The summed E-state index contributed by atoms with van der Waals surface area (Å²) in [6.07, 6.45) is 0.332. The maximum Gasteiger partial charge on any atom is 0.322 e. The number of carbonyl (C=O) groups excluding carboxylic acids is 3. The smallest absolute Gasteiger partial charge is 0.322 e. The number of hydrogen-bond donors (Lipinski definition) is 3. The summed E-state index contributed by atoms with van der Waals surface area (Å²) in [6.45, 7) is 1.89. The summed E-state index contributed by atoms with van der Waals surface area (Å²) in [7, 11) is 0. The molecule has 1 aromatic rings. The van der Waals surface area contributed by atoms with Crippen LogP contribution in [0.1, 0.15) is 24.0 Å². The summed E-state index contributed by atoms with van der Waals surface area (Å²) < 4.78 is 13.3. The van der Waals surface area contributed by atoms with E-state index in [1.165, 1.54) is 6.07 Å². The van der Waals surface area contributed by atoms with Gasteiger partial charge in [-0.15, -0.1) is 0 Å². The van der Waals surface area contributed by atoms with Crippen molar-refractivity contribution < 1.29 is 18.8 Å². The van der Waals surface area contributed by atoms with E-state index in [1.54, 1.807) is 19.1 Å². The predicted octanol–water partition coefficient (Wildman–Crippen LogP) is 0.739. The van der Waals surface area contributed by atoms with Gasteiger partial charge in [-0.3, -0.25) is 14.9 Å². The van der Waals surface area contributed by atoms with Crippen LogP contribution in [0, 0.1) is 12.7 Å². The van der Waals surface area contributed by atoms with Crippen LogP contribution in [0.2, 0.25) is 0 Å². The quantitative estimate of drug-likeness (QED) is 0.700. The Morgan fingerprint density at radius 1 is 1.38 bits per heavy atom. The van der Waals surface area contributed by atoms with Gasteiger partial charge in [0.15, 0.2) is 0 Å². The molecule has 1 aliphatic rings. The Morgan fingerprint density at radius 2 is 2.14 bits per heavy atom. The molecule has 112 valence electrons. The number of hydrogen-bond acceptors (Lipinski definition) is 3. The predicted molar refractivity (Wildman–Crippen MR) is 72.7 cm³/mol. The van der Waals surface area contributed by atoms with Gasteiger partial charge in [0, 0.05) is 13.0 Å². The van der Waals surface area contributed by atoms with Gasteiger partial charge < -0.3 is 10.6 Å². The number of halogens is 1. The van der Waals surface area contributed by atoms with E-state index in [2.05, 4.69) is 16.0 Å². The molecule has 2 rings (SSSR count). The Balaban J connectivity index is 1.76. The Hall–Kier alpha value is -2.44. The summed E-state index contributed by atoms with van der Waals surface area (Å²) in [5.41, 5.74) is 1.21. The third kappa shape index (κ3) is 4.01. The van der Waals surface area contributed by atoms with Crippen LogP contribution in [0.3, 0.4) is 0 Å². The van der Waals surface area contributed by atoms with Gasteiger partial charge in [0.05, 0.1) is 0 Å². The van der Waals surface area contributed by atoms with Crippen molar-refractivity contribution in [1.29, 1.82) is 0 Å². The minimum atomic E-state index is -0.667. The lowest BCUT2D eigenvalue weighted by Gasteiger charge is -2.08. The Bertz CT molecular complexity index is 589. The van der Waals surface area contributed by atoms with E-state index in [0.29, 0.717) is 11.1 Å². The van der Waals surface area contributed by atoms with E-state index in [1.807, 2.05) is 0 Å². The van der Waals surface area contributed by atoms with Gasteiger partial charge in [0.2, 0.25) is 5.91 Å². The van der Waals surface area contributed by atoms with Gasteiger partial charge >= 0.3 is 6.03 Å². The molecular weight excluding hydrogens is 277 g/mol. The molecule has 6 nitrogen and oxygen atoms in total. The summed E-state index contributed by atoms with van der Waals surface area (Å²) in [6, 6.07) is 3.55. The molecule has 1 fully saturated rings. The van der Waals surface area contributed by atoms with Gasteiger partial charge in [0.25, 0.3) is 5.91 Å². The average molecular weight is 293 g/mol. The lowest BCUT2D eigenvalue weighted by Crippen LogP contribution is -2.31. The van der Waals surface area contributed by atoms with Crippen LogP contribution in [0.4, 0.5) is 9.18 Å². The molecular formula is C14H16FN3O3. The fourth-order valence-corrected chi connectivity index (χ4v) is 1.97. The first-order valence-electron chi connectivity index (χ1n) is 6.59. The maximum absolute atomic E-state index is 13.3. The average Bonchev–Trinajstić information content (AvgIpc) is 2.76. The van der Waals surface area contributed by atoms with Crippen molar-refractivity contribution in [2.45, 2.75) is 32.4 Å². The third-order valence-corrected chi connectivity index (χ3v) is 3.24. The number of rotatable bonds is 5. The van der Waals surface area contributed by atoms with Crippen molar-refractivity contribution >= 4 is 17.8 Å². The Morgan fingerprint density at radius 3 is 2.76 bits per heavy atom. The van der Waals surface area contributed by atoms with Crippen molar-refractivity contribution in [1.82, 2.24) is 16.0 Å². The third-order valence-electron chi connectivity index (χ3n) is 3.24. The van der Waals surface area contributed by atoms with Crippen LogP contribution in [-0.4, -0.2) is 23.9 Å². The van der Waals surface area contributed by atoms with Gasteiger partial charge in [-0.25, -0.2) is 9.18 Å². The highest BCUT2D eigenvalue weighted by Crippen LogP contribution is 2.09. The van der Waals surface area contributed by atoms with Crippen LogP contribution in [0.5, 0.6) is 0 Å². The fraction of sp³-hybridized carbons (Fsp3) is 0.357. The second kappa shape index (κ2) is 6.34. The number of benzene rings is 1. The monoisotopic (exact) mass is 293 g/mol. The molecule has 1 atom stereocenters. The molecule has 0 unspecified atom stereocenters. The van der Waals surface area contributed by atoms with Crippen LogP contribution >= 0.6 is 0 Å². The van der Waals surface area contributed by atoms with Gasteiger partial charge in [-0.05, 0) is 30.5 Å². The van der Waals surface area contributed by atoms with E-state index in [4.69, 9.17) is 0 Å². The zero-order valence-electron chi connectivity index (χ0n) is 11.5. The number of imide groups is 1. The first kappa shape index (κ1) is 15.0. The van der Waals surface area contributed by atoms with Crippen molar-refractivity contribution in [3.05, 3.63) is 35.1 Å². The van der Waals surface area contributed by atoms with Crippen LogP contribution in [-0.2, 0) is 16.1 Å². The highest BCUT2D eigenvalue weighted by atomic mass is 19.1. The van der Waals surface area contributed by atoms with Crippen molar-refractivity contribution in [3.8, 4) is 0 Å². The maximum atomic E-state index is 13.3. The molecule has 1 aromatic carbocycles. The molecule has 0 bridgehead atoms. The number of carbonyl (C=O) groups is 3. The molecule has 0 aliphatic carbocycles. The Kier molecular flexibility index (Phi) is 4.52. The van der Waals surface area contributed by atoms with E-state index in [9.17, 15) is 18.8 Å². The summed E-state index contributed by atoms with van der Waals surface area (Å²) in [5, 5.41) is 7.16. The largest absolute Gasteiger partial charge is 0.352 e. The van der Waals surface area contributed by atoms with Crippen molar-refractivity contribution in [2.24, 2.45) is 0 Å². The first-order valence-corrected chi connectivity index (χ1v) is 6.59. The van der Waals surface area contributed by atoms with Crippen molar-refractivity contribution in [3.63, 3.8) is 0 Å². The lowest BCUT2D eigenvalue weighted by atomic mass is 10.1. The SMILES string of the molecule is Cc1ccc(CNC(=O)CC[C@H]2NC(=O)NC2=O)cc1F. The standard InChI is InChI=1S/C14H16FN3O3/c1-8-2-3-9(6-10(8)15)7-16-12(19)5-4-11-13(20)18-14(21)17-11/h2-3,6,11H,4-5,7H2,1H3,(H,16,19)(H2,17,18,20,21)/t11-/m1/s1. The fourth-order valence-electron chi connectivity index (χ4n) is 1.97. The van der Waals surface area contributed by atoms with E-state index < -0.39 is 18.0 Å². The van der Waals surface area contributed by atoms with Gasteiger partial charge in [-0.2, -0.15) is 0 Å². The highest BCUT2D eigenvalue weighted by Gasteiger charge is 2.29. The molecule has 4 amide bonds. The summed E-state index contributed by atoms with van der Waals surface area (Å²) >= 11 is 0. The van der Waals surface area contributed by atoms with Crippen molar-refractivity contribution in [2.75, 3.05) is 0 Å². The zero-order valence-corrected chi connectivity index (χ0v) is 11.5. The number of amides is 4. The topological polar surface area (TPSA) is 87.3 Å². The van der Waals surface area contributed by atoms with E-state index >= 15 is 0 Å². The molecule has 0 aromatic heterocycles. The van der Waals surface area contributed by atoms with E-state index in [0.717, 1.165) is 0 Å². The summed E-state index contributed by atoms with van der Waals surface area (Å²) in [5.74, 6) is -0.995. The highest BCUT2D eigenvalue weighted by molar-refractivity contribution is 6.04. The number of aryl methyl sites for hydroxylation is 1.